The van der Waals surface area contributed by atoms with E-state index in [0.29, 0.717) is 19.5 Å². The van der Waals surface area contributed by atoms with Gasteiger partial charge in [0.1, 0.15) is 0 Å². The Hall–Kier alpha value is -2.63. The molecule has 2 aromatic rings. The molecule has 1 aromatic carbocycles. The van der Waals surface area contributed by atoms with E-state index in [0.717, 1.165) is 19.3 Å². The normalized spacial score (nSPS) is 15.7. The number of hydrogen-bond acceptors (Lipinski definition) is 3. The van der Waals surface area contributed by atoms with Crippen LogP contribution in [0.2, 0.25) is 0 Å². The van der Waals surface area contributed by atoms with Crippen molar-refractivity contribution in [3.63, 3.8) is 0 Å². The number of carbonyl (C=O) groups is 2. The highest BCUT2D eigenvalue weighted by atomic mass is 16.4. The number of carboxylic acids is 1. The molecule has 0 atom stereocenters. The van der Waals surface area contributed by atoms with Crippen molar-refractivity contribution in [2.45, 2.75) is 51.0 Å². The predicted molar refractivity (Wildman–Crippen MR) is 103 cm³/mol. The van der Waals surface area contributed by atoms with E-state index in [1.165, 1.54) is 11.8 Å². The van der Waals surface area contributed by atoms with Crippen molar-refractivity contribution in [1.29, 1.82) is 0 Å². The Morgan fingerprint density at radius 3 is 2.44 bits per heavy atom. The van der Waals surface area contributed by atoms with Crippen LogP contribution in [0.1, 0.15) is 61.5 Å². The smallest absolute Gasteiger partial charge is 0.338 e. The molecule has 2 heterocycles. The summed E-state index contributed by atoms with van der Waals surface area (Å²) in [5.41, 5.74) is 1.43. The zero-order chi connectivity index (χ0) is 19.4. The van der Waals surface area contributed by atoms with Crippen LogP contribution in [-0.4, -0.2) is 44.8 Å². The fourth-order valence-corrected chi connectivity index (χ4v) is 3.64. The lowest BCUT2D eigenvalue weighted by atomic mass is 9.80. The first-order valence-electron chi connectivity index (χ1n) is 9.47. The zero-order valence-electron chi connectivity index (χ0n) is 16.0. The third kappa shape index (κ3) is 4.56. The van der Waals surface area contributed by atoms with Gasteiger partial charge in [-0.15, -0.1) is 0 Å². The van der Waals surface area contributed by atoms with Crippen LogP contribution in [0.3, 0.4) is 0 Å². The first-order chi connectivity index (χ1) is 12.9. The van der Waals surface area contributed by atoms with Crippen LogP contribution in [0.25, 0.3) is 0 Å². The summed E-state index contributed by atoms with van der Waals surface area (Å²) in [6, 6.07) is 10.5. The Labute approximate surface area is 159 Å². The van der Waals surface area contributed by atoms with Crippen LogP contribution in [0.4, 0.5) is 0 Å². The maximum absolute atomic E-state index is 12.6. The number of benzene rings is 1. The second-order valence-electron chi connectivity index (χ2n) is 7.88. The molecule has 1 saturated heterocycles. The summed E-state index contributed by atoms with van der Waals surface area (Å²) in [7, 11) is 0. The number of aromatic carboxylic acids is 1. The lowest BCUT2D eigenvalue weighted by Gasteiger charge is -2.33. The fraction of sp³-hybridized carbons (Fsp3) is 0.476. The summed E-state index contributed by atoms with van der Waals surface area (Å²) >= 11 is 0. The number of aromatic nitrogens is 2. The topological polar surface area (TPSA) is 75.4 Å². The van der Waals surface area contributed by atoms with Crippen LogP contribution >= 0.6 is 0 Å². The van der Waals surface area contributed by atoms with Gasteiger partial charge in [0.25, 0.3) is 0 Å². The molecular formula is C21H27N3O3. The van der Waals surface area contributed by atoms with Crippen molar-refractivity contribution >= 4 is 11.9 Å². The molecule has 1 amide bonds. The molecule has 1 aliphatic heterocycles. The van der Waals surface area contributed by atoms with Crippen molar-refractivity contribution in [2.75, 3.05) is 13.1 Å². The molecule has 1 aliphatic rings. The van der Waals surface area contributed by atoms with Crippen molar-refractivity contribution in [3.8, 4) is 0 Å². The molecule has 144 valence electrons. The van der Waals surface area contributed by atoms with E-state index in [4.69, 9.17) is 5.11 Å². The van der Waals surface area contributed by atoms with Crippen LogP contribution in [-0.2, 0) is 10.2 Å². The second kappa shape index (κ2) is 7.94. The zero-order valence-corrected chi connectivity index (χ0v) is 16.0. The van der Waals surface area contributed by atoms with E-state index in [-0.39, 0.29) is 22.9 Å². The van der Waals surface area contributed by atoms with Crippen molar-refractivity contribution < 1.29 is 14.7 Å². The monoisotopic (exact) mass is 369 g/mol. The molecule has 0 saturated carbocycles. The largest absolute Gasteiger partial charge is 0.478 e. The molecule has 1 aromatic heterocycles. The molecule has 27 heavy (non-hydrogen) atoms. The number of piperidine rings is 1. The van der Waals surface area contributed by atoms with Crippen molar-refractivity contribution in [1.82, 2.24) is 14.7 Å². The van der Waals surface area contributed by atoms with Gasteiger partial charge in [0.2, 0.25) is 5.91 Å². The third-order valence-corrected chi connectivity index (χ3v) is 5.56. The number of nitrogens with zero attached hydrogens (tertiary/aromatic N) is 3. The minimum absolute atomic E-state index is 0.0302. The van der Waals surface area contributed by atoms with Gasteiger partial charge < -0.3 is 10.0 Å². The highest BCUT2D eigenvalue weighted by Gasteiger charge is 2.27. The number of amides is 1. The molecule has 0 aliphatic carbocycles. The third-order valence-electron chi connectivity index (χ3n) is 5.56. The Bertz CT molecular complexity index is 790. The van der Waals surface area contributed by atoms with E-state index in [1.807, 2.05) is 23.1 Å². The Kier molecular flexibility index (Phi) is 5.63. The van der Waals surface area contributed by atoms with Gasteiger partial charge >= 0.3 is 5.97 Å². The van der Waals surface area contributed by atoms with Gasteiger partial charge in [-0.05, 0) is 30.2 Å². The van der Waals surface area contributed by atoms with Gasteiger partial charge in [0.05, 0.1) is 17.8 Å². The Morgan fingerprint density at radius 1 is 1.19 bits per heavy atom. The standard InChI is InChI=1S/C21H27N3O3/c1-21(2,17-6-4-3-5-7-17)11-8-19(25)23-12-9-18(10-13-23)24-15-16(14-22-24)20(26)27/h3-7,14-15,18H,8-13H2,1-2H3,(H,26,27). The van der Waals surface area contributed by atoms with Gasteiger partial charge in [-0.1, -0.05) is 44.2 Å². The quantitative estimate of drug-likeness (QED) is 0.845. The van der Waals surface area contributed by atoms with Gasteiger partial charge in [0, 0.05) is 25.7 Å². The number of carboxylic acid groups (broad SMARTS) is 1. The van der Waals surface area contributed by atoms with Gasteiger partial charge in [-0.3, -0.25) is 9.48 Å². The minimum atomic E-state index is -0.963. The summed E-state index contributed by atoms with van der Waals surface area (Å²) in [6.07, 6.45) is 5.91. The maximum Gasteiger partial charge on any atom is 0.338 e. The van der Waals surface area contributed by atoms with E-state index in [1.54, 1.807) is 10.9 Å². The highest BCUT2D eigenvalue weighted by molar-refractivity contribution is 5.86. The van der Waals surface area contributed by atoms with Crippen LogP contribution in [0, 0.1) is 0 Å². The maximum atomic E-state index is 12.6. The summed E-state index contributed by atoms with van der Waals surface area (Å²) in [6.45, 7) is 5.74. The second-order valence-corrected chi connectivity index (χ2v) is 7.88. The Morgan fingerprint density at radius 2 is 1.85 bits per heavy atom. The minimum Gasteiger partial charge on any atom is -0.478 e. The molecule has 1 N–H and O–H groups in total. The average molecular weight is 369 g/mol. The molecule has 0 spiro atoms. The van der Waals surface area contributed by atoms with Crippen LogP contribution < -0.4 is 0 Å². The number of hydrogen-bond donors (Lipinski definition) is 1. The van der Waals surface area contributed by atoms with E-state index >= 15 is 0 Å². The van der Waals surface area contributed by atoms with E-state index in [2.05, 4.69) is 31.1 Å². The molecule has 0 bridgehead atoms. The van der Waals surface area contributed by atoms with Gasteiger partial charge in [-0.25, -0.2) is 4.79 Å². The predicted octanol–water partition coefficient (Wildman–Crippen LogP) is 3.50. The van der Waals surface area contributed by atoms with Crippen molar-refractivity contribution in [3.05, 3.63) is 53.9 Å². The number of rotatable bonds is 6. The van der Waals surface area contributed by atoms with E-state index < -0.39 is 5.97 Å². The molecule has 0 unspecified atom stereocenters. The molecule has 6 heteroatoms. The molecule has 3 rings (SSSR count). The molecule has 6 nitrogen and oxygen atoms in total. The van der Waals surface area contributed by atoms with Crippen LogP contribution in [0.5, 0.6) is 0 Å². The molecule has 0 radical (unpaired) electrons. The summed E-state index contributed by atoms with van der Waals surface area (Å²) in [5.74, 6) is -0.765. The molecule has 1 fully saturated rings. The van der Waals surface area contributed by atoms with Crippen LogP contribution in [0.15, 0.2) is 42.7 Å². The Balaban J connectivity index is 1.50. The summed E-state index contributed by atoms with van der Waals surface area (Å²) < 4.78 is 1.73. The van der Waals surface area contributed by atoms with Gasteiger partial charge in [-0.2, -0.15) is 5.10 Å². The SMILES string of the molecule is CC(C)(CCC(=O)N1CCC(n2cc(C(=O)O)cn2)CC1)c1ccccc1. The number of likely N-dealkylation sites (tertiary alicyclic amines) is 1. The number of carbonyl (C=O) groups excluding carboxylic acids is 1. The van der Waals surface area contributed by atoms with Crippen molar-refractivity contribution in [2.24, 2.45) is 0 Å². The van der Waals surface area contributed by atoms with Gasteiger partial charge in [0.15, 0.2) is 0 Å². The van der Waals surface area contributed by atoms with E-state index in [9.17, 15) is 9.59 Å². The lowest BCUT2D eigenvalue weighted by molar-refractivity contribution is -0.132. The molecular weight excluding hydrogens is 342 g/mol. The highest BCUT2D eigenvalue weighted by Crippen LogP contribution is 2.29. The first-order valence-corrected chi connectivity index (χ1v) is 9.47. The summed E-state index contributed by atoms with van der Waals surface area (Å²) in [5, 5.41) is 13.2. The lowest BCUT2D eigenvalue weighted by Crippen LogP contribution is -2.39. The average Bonchev–Trinajstić information content (AvgIpc) is 3.18. The summed E-state index contributed by atoms with van der Waals surface area (Å²) in [4.78, 5) is 25.6. The fourth-order valence-electron chi connectivity index (χ4n) is 3.64. The first kappa shape index (κ1) is 19.1.